The molecule has 0 aromatic rings. The van der Waals surface area contributed by atoms with Crippen molar-refractivity contribution in [1.82, 2.24) is 0 Å². The van der Waals surface area contributed by atoms with Gasteiger partial charge >= 0.3 is 25.7 Å². The molecule has 0 rings (SSSR count). The van der Waals surface area contributed by atoms with E-state index >= 15 is 0 Å². The Morgan fingerprint density at radius 3 is 1.45 bits per heavy atom. The predicted octanol–water partition coefficient (Wildman–Crippen LogP) is 12.2. The first kappa shape index (κ1) is 55.4. The number of hydrogen-bond acceptors (Lipinski definition) is 9. The van der Waals surface area contributed by atoms with Crippen LogP contribution in [0.5, 0.6) is 0 Å². The predicted molar refractivity (Wildman–Crippen MR) is 235 cm³/mol. The van der Waals surface area contributed by atoms with E-state index in [0.29, 0.717) is 12.8 Å². The highest BCUT2D eigenvalue weighted by atomic mass is 31.2. The van der Waals surface area contributed by atoms with Gasteiger partial charge in [0, 0.05) is 12.8 Å². The van der Waals surface area contributed by atoms with E-state index in [4.69, 9.17) is 24.8 Å². The maximum atomic E-state index is 12.6. The summed E-state index contributed by atoms with van der Waals surface area (Å²) in [6.45, 7) is 2.74. The van der Waals surface area contributed by atoms with Crippen molar-refractivity contribution in [2.45, 2.75) is 206 Å². The molecule has 0 heterocycles. The second-order valence-corrected chi connectivity index (χ2v) is 16.6. The molecule has 0 fully saturated rings. The summed E-state index contributed by atoms with van der Waals surface area (Å²) in [5.41, 5.74) is 5.33. The molecule has 0 radical (unpaired) electrons. The molecule has 0 aromatic carbocycles. The van der Waals surface area contributed by atoms with Gasteiger partial charge in [-0.05, 0) is 77.0 Å². The molecule has 0 aromatic heterocycles. The van der Waals surface area contributed by atoms with Crippen LogP contribution in [-0.4, -0.2) is 59.9 Å². The molecule has 336 valence electrons. The second kappa shape index (κ2) is 41.2. The summed E-state index contributed by atoms with van der Waals surface area (Å²) in [4.78, 5) is 46.0. The molecule has 0 bridgehead atoms. The molecule has 0 amide bonds. The highest BCUT2D eigenvalue weighted by Crippen LogP contribution is 2.43. The number of aliphatic carboxylic acids is 1. The van der Waals surface area contributed by atoms with Crippen LogP contribution in [0.3, 0.4) is 0 Å². The third kappa shape index (κ3) is 40.2. The maximum absolute atomic E-state index is 12.6. The van der Waals surface area contributed by atoms with Gasteiger partial charge in [0.1, 0.15) is 12.6 Å². The van der Waals surface area contributed by atoms with Gasteiger partial charge in [-0.15, -0.1) is 0 Å². The Labute approximate surface area is 352 Å². The lowest BCUT2D eigenvalue weighted by Crippen LogP contribution is -2.34. The van der Waals surface area contributed by atoms with Crippen LogP contribution < -0.4 is 5.73 Å². The Balaban J connectivity index is 4.39. The molecule has 4 N–H and O–H groups in total. The van der Waals surface area contributed by atoms with Crippen LogP contribution in [0.1, 0.15) is 194 Å². The lowest BCUT2D eigenvalue weighted by molar-refractivity contribution is -0.161. The molecule has 58 heavy (non-hydrogen) atoms. The summed E-state index contributed by atoms with van der Waals surface area (Å²) in [6.07, 6.45) is 46.0. The van der Waals surface area contributed by atoms with Gasteiger partial charge in [-0.2, -0.15) is 0 Å². The second-order valence-electron chi connectivity index (χ2n) is 15.2. The first-order valence-electron chi connectivity index (χ1n) is 22.7. The van der Waals surface area contributed by atoms with Gasteiger partial charge in [-0.25, -0.2) is 4.57 Å². The zero-order valence-electron chi connectivity index (χ0n) is 36.4. The summed E-state index contributed by atoms with van der Waals surface area (Å²) < 4.78 is 32.7. The number of carboxylic acid groups (broad SMARTS) is 1. The fraction of sp³-hybridized carbons (Fsp3) is 0.761. The molecular weight excluding hydrogens is 757 g/mol. The van der Waals surface area contributed by atoms with Crippen molar-refractivity contribution in [2.75, 3.05) is 19.8 Å². The first-order chi connectivity index (χ1) is 28.1. The number of allylic oxidation sites excluding steroid dienone is 8. The third-order valence-corrected chi connectivity index (χ3v) is 10.5. The molecule has 12 heteroatoms. The molecule has 0 aliphatic rings. The summed E-state index contributed by atoms with van der Waals surface area (Å²) in [5, 5.41) is 8.89. The molecule has 1 unspecified atom stereocenters. The summed E-state index contributed by atoms with van der Waals surface area (Å²) in [5.74, 6) is -2.43. The molecule has 11 nitrogen and oxygen atoms in total. The van der Waals surface area contributed by atoms with E-state index in [1.807, 2.05) is 0 Å². The van der Waals surface area contributed by atoms with Gasteiger partial charge < -0.3 is 25.2 Å². The lowest BCUT2D eigenvalue weighted by atomic mass is 10.1. The lowest BCUT2D eigenvalue weighted by Gasteiger charge is -2.20. The number of unbranched alkanes of at least 4 members (excludes halogenated alkanes) is 20. The molecule has 3 atom stereocenters. The number of rotatable bonds is 42. The molecule has 0 spiro atoms. The van der Waals surface area contributed by atoms with Crippen molar-refractivity contribution >= 4 is 25.7 Å². The average Bonchev–Trinajstić information content (AvgIpc) is 3.20. The van der Waals surface area contributed by atoms with Crippen molar-refractivity contribution in [3.05, 3.63) is 48.6 Å². The Morgan fingerprint density at radius 2 is 0.914 bits per heavy atom. The fourth-order valence-corrected chi connectivity index (χ4v) is 6.73. The SMILES string of the molecule is CCCCC/C=C\C/C=C\C/C=C\CCCCC(=O)OC[C@H](COP(=O)(O)OC[C@H](N)C(=O)O)OC(=O)CCCCCCCCC/C=C\CCCCCCCCCC. The minimum Gasteiger partial charge on any atom is -0.480 e. The Hall–Kier alpha value is -2.56. The topological polar surface area (TPSA) is 172 Å². The van der Waals surface area contributed by atoms with E-state index < -0.39 is 51.1 Å². The van der Waals surface area contributed by atoms with E-state index in [1.54, 1.807) is 0 Å². The number of esters is 2. The number of phosphoric acid groups is 1. The van der Waals surface area contributed by atoms with Gasteiger partial charge in [0.2, 0.25) is 0 Å². The van der Waals surface area contributed by atoms with Crippen LogP contribution in [-0.2, 0) is 37.5 Å². The number of hydrogen-bond donors (Lipinski definition) is 3. The number of phosphoric ester groups is 1. The van der Waals surface area contributed by atoms with Gasteiger partial charge in [0.15, 0.2) is 6.10 Å². The Morgan fingerprint density at radius 1 is 0.534 bits per heavy atom. The molecule has 0 saturated carbocycles. The summed E-state index contributed by atoms with van der Waals surface area (Å²) in [6, 6.07) is -1.53. The quantitative estimate of drug-likeness (QED) is 0.0231. The van der Waals surface area contributed by atoms with E-state index in [2.05, 4.69) is 67.0 Å². The smallest absolute Gasteiger partial charge is 0.472 e. The summed E-state index contributed by atoms with van der Waals surface area (Å²) >= 11 is 0. The van der Waals surface area contributed by atoms with E-state index in [0.717, 1.165) is 64.2 Å². The normalized spacial score (nSPS) is 14.1. The minimum absolute atomic E-state index is 0.147. The standard InChI is InChI=1S/C46H82NO10P/c1-3-5-7-9-11-13-15-17-19-20-21-22-24-26-28-30-32-34-36-38-45(49)57-42(40-55-58(52,53)56-41-43(47)46(50)51)39-54-44(48)37-35-33-31-29-27-25-23-18-16-14-12-10-8-6-4-2/h12,14,18,20-21,23,27,29,42-43H,3-11,13,15-17,19,22,24-26,28,30-41,47H2,1-2H3,(H,50,51)(H,52,53)/b14-12-,21-20-,23-18-,29-27-/t42-,43+/m1/s1. The first-order valence-corrected chi connectivity index (χ1v) is 24.2. The molecule has 0 aliphatic carbocycles. The Bertz CT molecular complexity index is 1170. The maximum Gasteiger partial charge on any atom is 0.472 e. The zero-order valence-corrected chi connectivity index (χ0v) is 37.3. The minimum atomic E-state index is -4.73. The monoisotopic (exact) mass is 840 g/mol. The van der Waals surface area contributed by atoms with E-state index in [1.165, 1.54) is 89.9 Å². The van der Waals surface area contributed by atoms with Crippen LogP contribution in [0.4, 0.5) is 0 Å². The van der Waals surface area contributed by atoms with Gasteiger partial charge in [0.25, 0.3) is 0 Å². The van der Waals surface area contributed by atoms with Crippen molar-refractivity contribution < 1.29 is 47.5 Å². The highest BCUT2D eigenvalue weighted by molar-refractivity contribution is 7.47. The number of nitrogens with two attached hydrogens (primary N) is 1. The molecule has 0 saturated heterocycles. The zero-order chi connectivity index (χ0) is 42.8. The number of carbonyl (C=O) groups is 3. The van der Waals surface area contributed by atoms with Gasteiger partial charge in [-0.1, -0.05) is 152 Å². The number of carboxylic acids is 1. The summed E-state index contributed by atoms with van der Waals surface area (Å²) in [7, 11) is -4.73. The number of ether oxygens (including phenoxy) is 2. The van der Waals surface area contributed by atoms with E-state index in [9.17, 15) is 23.8 Å². The van der Waals surface area contributed by atoms with Crippen LogP contribution in [0.2, 0.25) is 0 Å². The molecule has 0 aliphatic heterocycles. The van der Waals surface area contributed by atoms with Crippen LogP contribution in [0.25, 0.3) is 0 Å². The van der Waals surface area contributed by atoms with Crippen molar-refractivity contribution in [3.8, 4) is 0 Å². The van der Waals surface area contributed by atoms with Crippen LogP contribution >= 0.6 is 7.82 Å². The van der Waals surface area contributed by atoms with Crippen molar-refractivity contribution in [2.24, 2.45) is 5.73 Å². The molecular formula is C46H82NO10P. The van der Waals surface area contributed by atoms with Crippen LogP contribution in [0.15, 0.2) is 48.6 Å². The third-order valence-electron chi connectivity index (χ3n) is 9.55. The van der Waals surface area contributed by atoms with Crippen molar-refractivity contribution in [1.29, 1.82) is 0 Å². The average molecular weight is 840 g/mol. The van der Waals surface area contributed by atoms with Crippen LogP contribution in [0, 0.1) is 0 Å². The fourth-order valence-electron chi connectivity index (χ4n) is 5.95. The van der Waals surface area contributed by atoms with Gasteiger partial charge in [-0.3, -0.25) is 23.4 Å². The largest absolute Gasteiger partial charge is 0.480 e. The van der Waals surface area contributed by atoms with Gasteiger partial charge in [0.05, 0.1) is 13.2 Å². The van der Waals surface area contributed by atoms with Crippen molar-refractivity contribution in [3.63, 3.8) is 0 Å². The Kier molecular flexibility index (Phi) is 39.4. The highest BCUT2D eigenvalue weighted by Gasteiger charge is 2.28. The number of carbonyl (C=O) groups excluding carboxylic acids is 2. The van der Waals surface area contributed by atoms with E-state index in [-0.39, 0.29) is 19.4 Å².